The van der Waals surface area contributed by atoms with Gasteiger partial charge in [0, 0.05) is 0 Å². The van der Waals surface area contributed by atoms with Crippen molar-refractivity contribution in [2.24, 2.45) is 0 Å². The highest BCUT2D eigenvalue weighted by Crippen LogP contribution is 1.95. The lowest BCUT2D eigenvalue weighted by Crippen LogP contribution is -1.85. The van der Waals surface area contributed by atoms with E-state index in [9.17, 15) is 0 Å². The van der Waals surface area contributed by atoms with Crippen LogP contribution in [0.15, 0.2) is 36.5 Å². The van der Waals surface area contributed by atoms with Crippen molar-refractivity contribution in [3.05, 3.63) is 36.5 Å². The molecule has 0 saturated heterocycles. The Hall–Kier alpha value is -0.860. The second-order valence-electron chi connectivity index (χ2n) is 1.97. The van der Waals surface area contributed by atoms with E-state index in [-0.39, 0.29) is 13.2 Å². The van der Waals surface area contributed by atoms with Crippen LogP contribution in [0, 0.1) is 0 Å². The largest absolute Gasteiger partial charge is 0.392 e. The molecule has 0 atom stereocenters. The zero-order chi connectivity index (χ0) is 7.98. The standard InChI is InChI=1S/C8H12O2/c1-7(5-9)3-4-8(2)6-10/h3-4,9-10H,1-2,5-6H2/b4-3-. The average molecular weight is 140 g/mol. The molecule has 0 radical (unpaired) electrons. The third kappa shape index (κ3) is 4.06. The molecule has 0 amide bonds. The van der Waals surface area contributed by atoms with Gasteiger partial charge in [0.2, 0.25) is 0 Å². The van der Waals surface area contributed by atoms with Gasteiger partial charge in [-0.1, -0.05) is 25.3 Å². The normalized spacial score (nSPS) is 10.2. The first-order valence-electron chi connectivity index (χ1n) is 2.96. The van der Waals surface area contributed by atoms with Gasteiger partial charge in [0.1, 0.15) is 0 Å². The van der Waals surface area contributed by atoms with Crippen LogP contribution in [0.25, 0.3) is 0 Å². The summed E-state index contributed by atoms with van der Waals surface area (Å²) in [5.41, 5.74) is 1.21. The third-order valence-electron chi connectivity index (χ3n) is 0.961. The quantitative estimate of drug-likeness (QED) is 0.562. The maximum atomic E-state index is 8.48. The van der Waals surface area contributed by atoms with E-state index < -0.39 is 0 Å². The van der Waals surface area contributed by atoms with Crippen molar-refractivity contribution in [1.29, 1.82) is 0 Å². The van der Waals surface area contributed by atoms with E-state index in [1.807, 2.05) is 0 Å². The number of hydrogen-bond acceptors (Lipinski definition) is 2. The van der Waals surface area contributed by atoms with Gasteiger partial charge in [-0.25, -0.2) is 0 Å². The Balaban J connectivity index is 3.75. The van der Waals surface area contributed by atoms with Gasteiger partial charge in [0.05, 0.1) is 13.2 Å². The molecular formula is C8H12O2. The Kier molecular flexibility index (Phi) is 4.54. The maximum Gasteiger partial charge on any atom is 0.0676 e. The summed E-state index contributed by atoms with van der Waals surface area (Å²) in [6.45, 7) is 6.92. The van der Waals surface area contributed by atoms with Crippen molar-refractivity contribution in [2.75, 3.05) is 13.2 Å². The van der Waals surface area contributed by atoms with E-state index in [2.05, 4.69) is 13.2 Å². The van der Waals surface area contributed by atoms with E-state index >= 15 is 0 Å². The summed E-state index contributed by atoms with van der Waals surface area (Å²) >= 11 is 0. The van der Waals surface area contributed by atoms with Crippen LogP contribution in [0.2, 0.25) is 0 Å². The zero-order valence-corrected chi connectivity index (χ0v) is 5.88. The molecule has 0 aromatic carbocycles. The van der Waals surface area contributed by atoms with E-state index in [0.717, 1.165) is 0 Å². The van der Waals surface area contributed by atoms with Crippen LogP contribution in [0.1, 0.15) is 0 Å². The fourth-order valence-corrected chi connectivity index (χ4v) is 0.341. The third-order valence-corrected chi connectivity index (χ3v) is 0.961. The van der Waals surface area contributed by atoms with Crippen molar-refractivity contribution < 1.29 is 10.2 Å². The average Bonchev–Trinajstić information content (AvgIpc) is 1.99. The highest BCUT2D eigenvalue weighted by Gasteiger charge is 1.84. The van der Waals surface area contributed by atoms with Crippen LogP contribution in [0.4, 0.5) is 0 Å². The smallest absolute Gasteiger partial charge is 0.0676 e. The SMILES string of the molecule is C=C(/C=C\C(=C)CO)CO. The van der Waals surface area contributed by atoms with Crippen LogP contribution < -0.4 is 0 Å². The Morgan fingerprint density at radius 1 is 1.00 bits per heavy atom. The zero-order valence-electron chi connectivity index (χ0n) is 5.88. The first-order valence-corrected chi connectivity index (χ1v) is 2.96. The van der Waals surface area contributed by atoms with Crippen molar-refractivity contribution in [3.63, 3.8) is 0 Å². The molecule has 0 saturated carbocycles. The van der Waals surface area contributed by atoms with Crippen LogP contribution in [-0.4, -0.2) is 23.4 Å². The van der Waals surface area contributed by atoms with Gasteiger partial charge in [-0.2, -0.15) is 0 Å². The Morgan fingerprint density at radius 3 is 1.50 bits per heavy atom. The second-order valence-corrected chi connectivity index (χ2v) is 1.97. The van der Waals surface area contributed by atoms with E-state index in [4.69, 9.17) is 10.2 Å². The van der Waals surface area contributed by atoms with Gasteiger partial charge in [-0.05, 0) is 11.1 Å². The second kappa shape index (κ2) is 4.97. The van der Waals surface area contributed by atoms with Gasteiger partial charge in [0.15, 0.2) is 0 Å². The van der Waals surface area contributed by atoms with Crippen LogP contribution >= 0.6 is 0 Å². The molecule has 2 heteroatoms. The molecule has 0 aliphatic heterocycles. The molecule has 2 nitrogen and oxygen atoms in total. The number of aliphatic hydroxyl groups excluding tert-OH is 2. The number of aliphatic hydroxyl groups is 2. The summed E-state index contributed by atoms with van der Waals surface area (Å²) in [5, 5.41) is 17.0. The first-order chi connectivity index (χ1) is 4.70. The molecule has 0 aromatic rings. The van der Waals surface area contributed by atoms with Crippen LogP contribution in [0.3, 0.4) is 0 Å². The lowest BCUT2D eigenvalue weighted by molar-refractivity contribution is 0.333. The minimum atomic E-state index is -0.0603. The Labute approximate surface area is 60.8 Å². The summed E-state index contributed by atoms with van der Waals surface area (Å²) in [4.78, 5) is 0. The predicted molar refractivity (Wildman–Crippen MR) is 41.6 cm³/mol. The first kappa shape index (κ1) is 9.14. The van der Waals surface area contributed by atoms with Gasteiger partial charge in [-0.3, -0.25) is 0 Å². The molecule has 56 valence electrons. The molecule has 0 rings (SSSR count). The molecule has 0 aromatic heterocycles. The topological polar surface area (TPSA) is 40.5 Å². The molecule has 0 spiro atoms. The van der Waals surface area contributed by atoms with Crippen molar-refractivity contribution in [3.8, 4) is 0 Å². The molecular weight excluding hydrogens is 128 g/mol. The molecule has 0 unspecified atom stereocenters. The van der Waals surface area contributed by atoms with Crippen molar-refractivity contribution >= 4 is 0 Å². The molecule has 0 aliphatic rings. The maximum absolute atomic E-state index is 8.48. The van der Waals surface area contributed by atoms with Gasteiger partial charge < -0.3 is 10.2 Å². The number of hydrogen-bond donors (Lipinski definition) is 2. The van der Waals surface area contributed by atoms with Crippen molar-refractivity contribution in [1.82, 2.24) is 0 Å². The molecule has 0 bridgehead atoms. The van der Waals surface area contributed by atoms with Crippen molar-refractivity contribution in [2.45, 2.75) is 0 Å². The Bertz CT molecular complexity index is 139. The summed E-state index contributed by atoms with van der Waals surface area (Å²) in [6.07, 6.45) is 3.25. The molecule has 2 N–H and O–H groups in total. The molecule has 10 heavy (non-hydrogen) atoms. The molecule has 0 heterocycles. The fourth-order valence-electron chi connectivity index (χ4n) is 0.341. The Morgan fingerprint density at radius 2 is 1.30 bits per heavy atom. The number of rotatable bonds is 4. The fraction of sp³-hybridized carbons (Fsp3) is 0.250. The van der Waals surface area contributed by atoms with Crippen LogP contribution in [0.5, 0.6) is 0 Å². The minimum Gasteiger partial charge on any atom is -0.392 e. The monoisotopic (exact) mass is 140 g/mol. The molecule has 0 fully saturated rings. The summed E-state index contributed by atoms with van der Waals surface area (Å²) in [7, 11) is 0. The van der Waals surface area contributed by atoms with Gasteiger partial charge in [0.25, 0.3) is 0 Å². The molecule has 0 aliphatic carbocycles. The highest BCUT2D eigenvalue weighted by atomic mass is 16.3. The van der Waals surface area contributed by atoms with Gasteiger partial charge >= 0.3 is 0 Å². The lowest BCUT2D eigenvalue weighted by Gasteiger charge is -1.92. The summed E-state index contributed by atoms with van der Waals surface area (Å²) in [5.74, 6) is 0. The minimum absolute atomic E-state index is 0.0603. The highest BCUT2D eigenvalue weighted by molar-refractivity contribution is 5.24. The van der Waals surface area contributed by atoms with E-state index in [1.165, 1.54) is 0 Å². The van der Waals surface area contributed by atoms with Gasteiger partial charge in [-0.15, -0.1) is 0 Å². The summed E-state index contributed by atoms with van der Waals surface area (Å²) in [6, 6.07) is 0. The van der Waals surface area contributed by atoms with E-state index in [0.29, 0.717) is 11.1 Å². The lowest BCUT2D eigenvalue weighted by atomic mass is 10.2. The van der Waals surface area contributed by atoms with E-state index in [1.54, 1.807) is 12.2 Å². The van der Waals surface area contributed by atoms with Crippen LogP contribution in [-0.2, 0) is 0 Å². The predicted octanol–water partition coefficient (Wildman–Crippen LogP) is 0.640. The summed E-state index contributed by atoms with van der Waals surface area (Å²) < 4.78 is 0.